The number of para-hydroxylation sites is 1. The highest BCUT2D eigenvalue weighted by Crippen LogP contribution is 2.53. The van der Waals surface area contributed by atoms with Gasteiger partial charge in [0.1, 0.15) is 0 Å². The van der Waals surface area contributed by atoms with Gasteiger partial charge in [0.15, 0.2) is 0 Å². The average molecular weight is 390 g/mol. The largest absolute Gasteiger partial charge is 0.311 e. The zero-order valence-corrected chi connectivity index (χ0v) is 17.3. The monoisotopic (exact) mass is 389 g/mol. The molecule has 0 radical (unpaired) electrons. The zero-order chi connectivity index (χ0) is 20.5. The first-order valence-corrected chi connectivity index (χ1v) is 10.8. The van der Waals surface area contributed by atoms with Gasteiger partial charge in [-0.2, -0.15) is 0 Å². The molecule has 0 aromatic heterocycles. The van der Waals surface area contributed by atoms with Crippen LogP contribution in [0.15, 0.2) is 110 Å². The molecule has 3 aromatic carbocycles. The van der Waals surface area contributed by atoms with E-state index in [1.165, 1.54) is 30.4 Å². The van der Waals surface area contributed by atoms with Gasteiger partial charge in [-0.25, -0.2) is 0 Å². The summed E-state index contributed by atoms with van der Waals surface area (Å²) in [5.41, 5.74) is 9.01. The third-order valence-electron chi connectivity index (χ3n) is 6.63. The molecule has 2 atom stereocenters. The van der Waals surface area contributed by atoms with Gasteiger partial charge >= 0.3 is 0 Å². The molecule has 0 saturated heterocycles. The molecule has 2 unspecified atom stereocenters. The molecule has 0 spiro atoms. The standard InChI is InChI=1S/C29H27N/c1-3-8-25(4-2)30(26-9-6-5-7-10-26)27-16-13-21(14-17-27)22-15-18-28-23-11-12-24(19-23)29(28)20-22/h3-10,13-18,20,23-24H,1-2,11-12,19H2/b25-8+. The molecule has 1 nitrogen and oxygen atoms in total. The summed E-state index contributed by atoms with van der Waals surface area (Å²) in [6.07, 6.45) is 9.78. The van der Waals surface area contributed by atoms with Gasteiger partial charge in [-0.1, -0.05) is 67.8 Å². The number of hydrogen-bond donors (Lipinski definition) is 0. The molecule has 2 aliphatic carbocycles. The molecule has 1 saturated carbocycles. The van der Waals surface area contributed by atoms with E-state index < -0.39 is 0 Å². The van der Waals surface area contributed by atoms with Crippen LogP contribution >= 0.6 is 0 Å². The first-order valence-electron chi connectivity index (χ1n) is 10.8. The van der Waals surface area contributed by atoms with Crippen LogP contribution in [0.25, 0.3) is 11.1 Å². The molecule has 2 bridgehead atoms. The molecule has 0 amide bonds. The molecular formula is C29H27N. The van der Waals surface area contributed by atoms with Gasteiger partial charge in [0.05, 0.1) is 0 Å². The maximum Gasteiger partial charge on any atom is 0.0462 e. The second-order valence-electron chi connectivity index (χ2n) is 8.30. The van der Waals surface area contributed by atoms with Gasteiger partial charge in [-0.05, 0) is 89.8 Å². The highest BCUT2D eigenvalue weighted by molar-refractivity contribution is 5.74. The third kappa shape index (κ3) is 3.21. The molecule has 148 valence electrons. The van der Waals surface area contributed by atoms with Crippen LogP contribution in [-0.4, -0.2) is 0 Å². The van der Waals surface area contributed by atoms with Crippen molar-refractivity contribution in [2.45, 2.75) is 31.1 Å². The highest BCUT2D eigenvalue weighted by Gasteiger charge is 2.36. The number of anilines is 2. The smallest absolute Gasteiger partial charge is 0.0462 e. The molecule has 3 aromatic rings. The minimum atomic E-state index is 0.789. The van der Waals surface area contributed by atoms with Gasteiger partial charge < -0.3 is 4.90 Å². The van der Waals surface area contributed by atoms with Crippen LogP contribution in [0.5, 0.6) is 0 Å². The molecule has 0 N–H and O–H groups in total. The Kier molecular flexibility index (Phi) is 4.88. The van der Waals surface area contributed by atoms with Crippen LogP contribution in [0.3, 0.4) is 0 Å². The SMILES string of the molecule is C=C/C=C(\C=C)N(c1ccccc1)c1ccc(-c2ccc3c(c2)C2CCC3C2)cc1. The summed E-state index contributed by atoms with van der Waals surface area (Å²) in [6, 6.07) is 26.4. The Bertz CT molecular complexity index is 1100. The number of benzene rings is 3. The van der Waals surface area contributed by atoms with E-state index >= 15 is 0 Å². The normalized spacial score (nSPS) is 19.4. The van der Waals surface area contributed by atoms with Crippen LogP contribution in [0, 0.1) is 0 Å². The quantitative estimate of drug-likeness (QED) is 0.385. The van der Waals surface area contributed by atoms with E-state index in [4.69, 9.17) is 0 Å². The van der Waals surface area contributed by atoms with E-state index in [1.807, 2.05) is 18.2 Å². The van der Waals surface area contributed by atoms with Gasteiger partial charge in [0.25, 0.3) is 0 Å². The van der Waals surface area contributed by atoms with Crippen molar-refractivity contribution in [2.75, 3.05) is 4.90 Å². The summed E-state index contributed by atoms with van der Waals surface area (Å²) < 4.78 is 0. The van der Waals surface area contributed by atoms with Crippen molar-refractivity contribution >= 4 is 11.4 Å². The van der Waals surface area contributed by atoms with Crippen LogP contribution < -0.4 is 4.90 Å². The number of rotatable bonds is 6. The summed E-state index contributed by atoms with van der Waals surface area (Å²) in [4.78, 5) is 2.21. The van der Waals surface area contributed by atoms with Crippen LogP contribution in [0.4, 0.5) is 11.4 Å². The zero-order valence-electron chi connectivity index (χ0n) is 17.3. The van der Waals surface area contributed by atoms with Crippen molar-refractivity contribution in [1.82, 2.24) is 0 Å². The summed E-state index contributed by atoms with van der Waals surface area (Å²) >= 11 is 0. The molecule has 1 heteroatoms. The summed E-state index contributed by atoms with van der Waals surface area (Å²) in [5, 5.41) is 0. The van der Waals surface area contributed by atoms with Gasteiger partial charge in [-0.3, -0.25) is 0 Å². The summed E-state index contributed by atoms with van der Waals surface area (Å²) in [5.74, 6) is 1.60. The Morgan fingerprint density at radius 2 is 1.43 bits per heavy atom. The number of fused-ring (bicyclic) bond motifs is 5. The lowest BCUT2D eigenvalue weighted by Crippen LogP contribution is -2.14. The molecule has 30 heavy (non-hydrogen) atoms. The van der Waals surface area contributed by atoms with Crippen molar-refractivity contribution < 1.29 is 0 Å². The molecule has 0 heterocycles. The van der Waals surface area contributed by atoms with E-state index in [0.29, 0.717) is 0 Å². The molecule has 1 fully saturated rings. The minimum absolute atomic E-state index is 0.789. The van der Waals surface area contributed by atoms with E-state index in [0.717, 1.165) is 28.9 Å². The van der Waals surface area contributed by atoms with Crippen molar-refractivity contribution in [2.24, 2.45) is 0 Å². The Hall–Kier alpha value is -3.32. The number of allylic oxidation sites excluding steroid dienone is 3. The first kappa shape index (κ1) is 18.7. The van der Waals surface area contributed by atoms with Crippen molar-refractivity contribution in [3.05, 3.63) is 121 Å². The van der Waals surface area contributed by atoms with E-state index in [9.17, 15) is 0 Å². The van der Waals surface area contributed by atoms with Crippen LogP contribution in [0.2, 0.25) is 0 Å². The first-order chi connectivity index (χ1) is 14.8. The topological polar surface area (TPSA) is 3.24 Å². The predicted molar refractivity (Wildman–Crippen MR) is 128 cm³/mol. The maximum atomic E-state index is 4.01. The second kappa shape index (κ2) is 7.84. The molecule has 0 aliphatic heterocycles. The lowest BCUT2D eigenvalue weighted by Gasteiger charge is -2.26. The van der Waals surface area contributed by atoms with Crippen molar-refractivity contribution in [3.63, 3.8) is 0 Å². The Labute approximate surface area is 179 Å². The fourth-order valence-electron chi connectivity index (χ4n) is 5.21. The van der Waals surface area contributed by atoms with Gasteiger partial charge in [-0.15, -0.1) is 0 Å². The van der Waals surface area contributed by atoms with Crippen molar-refractivity contribution in [1.29, 1.82) is 0 Å². The fourth-order valence-corrected chi connectivity index (χ4v) is 5.21. The van der Waals surface area contributed by atoms with E-state index in [2.05, 4.69) is 84.8 Å². The van der Waals surface area contributed by atoms with Gasteiger partial charge in [0, 0.05) is 17.1 Å². The van der Waals surface area contributed by atoms with Gasteiger partial charge in [0.2, 0.25) is 0 Å². The Morgan fingerprint density at radius 1 is 0.767 bits per heavy atom. The van der Waals surface area contributed by atoms with Crippen molar-refractivity contribution in [3.8, 4) is 11.1 Å². The summed E-state index contributed by atoms with van der Waals surface area (Å²) in [6.45, 7) is 7.88. The fraction of sp³-hybridized carbons (Fsp3) is 0.172. The highest BCUT2D eigenvalue weighted by atomic mass is 15.1. The Morgan fingerprint density at radius 3 is 2.13 bits per heavy atom. The maximum absolute atomic E-state index is 4.01. The van der Waals surface area contributed by atoms with E-state index in [-0.39, 0.29) is 0 Å². The second-order valence-corrected chi connectivity index (χ2v) is 8.30. The predicted octanol–water partition coefficient (Wildman–Crippen LogP) is 8.11. The molecule has 5 rings (SSSR count). The summed E-state index contributed by atoms with van der Waals surface area (Å²) in [7, 11) is 0. The average Bonchev–Trinajstić information content (AvgIpc) is 3.42. The van der Waals surface area contributed by atoms with E-state index in [1.54, 1.807) is 17.2 Å². The lowest BCUT2D eigenvalue weighted by molar-refractivity contribution is 0.718. The number of hydrogen-bond acceptors (Lipinski definition) is 1. The minimum Gasteiger partial charge on any atom is -0.311 e. The molecule has 2 aliphatic rings. The lowest BCUT2D eigenvalue weighted by atomic mass is 9.89. The van der Waals surface area contributed by atoms with Crippen LogP contribution in [0.1, 0.15) is 42.2 Å². The number of nitrogens with zero attached hydrogens (tertiary/aromatic N) is 1. The third-order valence-corrected chi connectivity index (χ3v) is 6.63. The van der Waals surface area contributed by atoms with Crippen LogP contribution in [-0.2, 0) is 0 Å². The Balaban J connectivity index is 1.50. The molecular weight excluding hydrogens is 362 g/mol.